The zero-order valence-corrected chi connectivity index (χ0v) is 8.70. The van der Waals surface area contributed by atoms with E-state index in [1.165, 1.54) is 0 Å². The van der Waals surface area contributed by atoms with E-state index >= 15 is 0 Å². The van der Waals surface area contributed by atoms with Gasteiger partial charge in [-0.05, 0) is 31.7 Å². The Kier molecular flexibility index (Phi) is 4.35. The van der Waals surface area contributed by atoms with Gasteiger partial charge in [0.15, 0.2) is 0 Å². The van der Waals surface area contributed by atoms with Crippen LogP contribution < -0.4 is 11.1 Å². The smallest absolute Gasteiger partial charge is 0.220 e. The fourth-order valence-corrected chi connectivity index (χ4v) is 1.50. The summed E-state index contributed by atoms with van der Waals surface area (Å²) in [5, 5.41) is 11.9. The van der Waals surface area contributed by atoms with Crippen LogP contribution in [-0.4, -0.2) is 29.7 Å². The van der Waals surface area contributed by atoms with Crippen LogP contribution in [0.4, 0.5) is 0 Å². The highest BCUT2D eigenvalue weighted by Crippen LogP contribution is 2.19. The van der Waals surface area contributed by atoms with Gasteiger partial charge in [0, 0.05) is 12.5 Å². The van der Waals surface area contributed by atoms with Crippen LogP contribution in [0.3, 0.4) is 0 Å². The van der Waals surface area contributed by atoms with Crippen molar-refractivity contribution in [2.24, 2.45) is 11.7 Å². The van der Waals surface area contributed by atoms with Crippen LogP contribution in [0, 0.1) is 5.92 Å². The Morgan fingerprint density at radius 1 is 1.64 bits per heavy atom. The lowest BCUT2D eigenvalue weighted by molar-refractivity contribution is -0.123. The van der Waals surface area contributed by atoms with E-state index in [4.69, 9.17) is 10.8 Å². The lowest BCUT2D eigenvalue weighted by Crippen LogP contribution is -2.46. The Hall–Kier alpha value is -0.610. The molecule has 0 aromatic rings. The predicted octanol–water partition coefficient (Wildman–Crippen LogP) is 0.000900. The van der Waals surface area contributed by atoms with E-state index < -0.39 is 0 Å². The summed E-state index contributed by atoms with van der Waals surface area (Å²) in [6, 6.07) is 0.200. The molecule has 82 valence electrons. The number of nitrogens with two attached hydrogens (primary N) is 1. The van der Waals surface area contributed by atoms with Crippen molar-refractivity contribution in [3.63, 3.8) is 0 Å². The van der Waals surface area contributed by atoms with Gasteiger partial charge in [-0.1, -0.05) is 6.92 Å². The monoisotopic (exact) mass is 200 g/mol. The van der Waals surface area contributed by atoms with Crippen molar-refractivity contribution in [3.05, 3.63) is 0 Å². The highest BCUT2D eigenvalue weighted by molar-refractivity contribution is 5.76. The molecule has 0 saturated heterocycles. The van der Waals surface area contributed by atoms with Crippen molar-refractivity contribution in [1.82, 2.24) is 5.32 Å². The van der Waals surface area contributed by atoms with E-state index in [2.05, 4.69) is 5.32 Å². The van der Waals surface area contributed by atoms with E-state index in [0.717, 1.165) is 6.42 Å². The summed E-state index contributed by atoms with van der Waals surface area (Å²) in [6.45, 7) is 2.68. The van der Waals surface area contributed by atoms with Gasteiger partial charge in [0.25, 0.3) is 0 Å². The van der Waals surface area contributed by atoms with Crippen LogP contribution >= 0.6 is 0 Å². The third kappa shape index (κ3) is 3.64. The van der Waals surface area contributed by atoms with Crippen LogP contribution in [-0.2, 0) is 4.79 Å². The molecule has 4 N–H and O–H groups in total. The molecule has 1 atom stereocenters. The van der Waals surface area contributed by atoms with E-state index in [-0.39, 0.29) is 18.1 Å². The molecule has 4 heteroatoms. The summed E-state index contributed by atoms with van der Waals surface area (Å²) in [5.74, 6) is 0.495. The van der Waals surface area contributed by atoms with E-state index in [1.807, 2.05) is 6.92 Å². The molecule has 1 fully saturated rings. The zero-order valence-electron chi connectivity index (χ0n) is 8.70. The van der Waals surface area contributed by atoms with Crippen molar-refractivity contribution in [1.29, 1.82) is 0 Å². The summed E-state index contributed by atoms with van der Waals surface area (Å²) in [5.41, 5.74) is 5.45. The van der Waals surface area contributed by atoms with Crippen LogP contribution in [0.1, 0.15) is 32.6 Å². The quantitative estimate of drug-likeness (QED) is 0.585. The number of aliphatic hydroxyl groups is 1. The average molecular weight is 200 g/mol. The Morgan fingerprint density at radius 2 is 2.29 bits per heavy atom. The van der Waals surface area contributed by atoms with Crippen molar-refractivity contribution >= 4 is 5.91 Å². The molecule has 1 aliphatic carbocycles. The van der Waals surface area contributed by atoms with Crippen molar-refractivity contribution in [3.8, 4) is 0 Å². The van der Waals surface area contributed by atoms with Gasteiger partial charge in [0.2, 0.25) is 5.91 Å². The molecule has 0 bridgehead atoms. The molecular formula is C10H20N2O2. The first kappa shape index (κ1) is 11.5. The minimum Gasteiger partial charge on any atom is -0.393 e. The van der Waals surface area contributed by atoms with Gasteiger partial charge in [-0.25, -0.2) is 0 Å². The van der Waals surface area contributed by atoms with Crippen LogP contribution in [0.2, 0.25) is 0 Å². The first-order chi connectivity index (χ1) is 6.61. The topological polar surface area (TPSA) is 75.4 Å². The van der Waals surface area contributed by atoms with Crippen molar-refractivity contribution in [2.75, 3.05) is 6.54 Å². The first-order valence-electron chi connectivity index (χ1n) is 5.29. The normalized spacial score (nSPS) is 27.9. The van der Waals surface area contributed by atoms with Gasteiger partial charge in [0.1, 0.15) is 0 Å². The number of hydrogen-bond donors (Lipinski definition) is 3. The second-order valence-electron chi connectivity index (χ2n) is 4.27. The van der Waals surface area contributed by atoms with Gasteiger partial charge in [-0.15, -0.1) is 0 Å². The maximum Gasteiger partial charge on any atom is 0.220 e. The summed E-state index contributed by atoms with van der Waals surface area (Å²) >= 11 is 0. The maximum atomic E-state index is 11.3. The second-order valence-corrected chi connectivity index (χ2v) is 4.27. The molecule has 0 spiro atoms. The number of carbonyl (C=O) groups excluding carboxylic acids is 1. The lowest BCUT2D eigenvalue weighted by atomic mass is 9.89. The van der Waals surface area contributed by atoms with E-state index in [1.54, 1.807) is 0 Å². The number of hydrogen-bond acceptors (Lipinski definition) is 3. The standard InChI is InChI=1S/C10H20N2O2/c1-7(6-11)2-3-10(14)12-8-4-9(13)5-8/h7-9,13H,2-6,11H2,1H3,(H,12,14). The summed E-state index contributed by atoms with van der Waals surface area (Å²) < 4.78 is 0. The highest BCUT2D eigenvalue weighted by Gasteiger charge is 2.28. The first-order valence-corrected chi connectivity index (χ1v) is 5.29. The minimum absolute atomic E-state index is 0.0854. The minimum atomic E-state index is -0.205. The number of nitrogens with one attached hydrogen (secondary N) is 1. The third-order valence-electron chi connectivity index (χ3n) is 2.74. The molecule has 4 nitrogen and oxygen atoms in total. The van der Waals surface area contributed by atoms with Crippen molar-refractivity contribution in [2.45, 2.75) is 44.8 Å². The van der Waals surface area contributed by atoms with Gasteiger partial charge < -0.3 is 16.2 Å². The molecule has 0 heterocycles. The van der Waals surface area contributed by atoms with Crippen molar-refractivity contribution < 1.29 is 9.90 Å². The molecule has 14 heavy (non-hydrogen) atoms. The van der Waals surface area contributed by atoms with E-state index in [0.29, 0.717) is 31.7 Å². The summed E-state index contributed by atoms with van der Waals surface area (Å²) in [4.78, 5) is 11.3. The Bertz CT molecular complexity index is 191. The summed E-state index contributed by atoms with van der Waals surface area (Å²) in [7, 11) is 0. The molecule has 0 radical (unpaired) electrons. The lowest BCUT2D eigenvalue weighted by Gasteiger charge is -2.32. The average Bonchev–Trinajstić information content (AvgIpc) is 2.11. The maximum absolute atomic E-state index is 11.3. The van der Waals surface area contributed by atoms with Gasteiger partial charge in [-0.2, -0.15) is 0 Å². The van der Waals surface area contributed by atoms with Crippen LogP contribution in [0.15, 0.2) is 0 Å². The second kappa shape index (κ2) is 5.32. The Balaban J connectivity index is 2.04. The third-order valence-corrected chi connectivity index (χ3v) is 2.74. The molecule has 1 amide bonds. The highest BCUT2D eigenvalue weighted by atomic mass is 16.3. The van der Waals surface area contributed by atoms with E-state index in [9.17, 15) is 4.79 Å². The molecule has 1 saturated carbocycles. The Morgan fingerprint density at radius 3 is 2.79 bits per heavy atom. The molecule has 0 aromatic carbocycles. The zero-order chi connectivity index (χ0) is 10.6. The van der Waals surface area contributed by atoms with Gasteiger partial charge in [-0.3, -0.25) is 4.79 Å². The molecule has 1 aliphatic rings. The predicted molar refractivity (Wildman–Crippen MR) is 54.6 cm³/mol. The number of aliphatic hydroxyl groups excluding tert-OH is 1. The number of carbonyl (C=O) groups is 1. The molecule has 1 rings (SSSR count). The van der Waals surface area contributed by atoms with Gasteiger partial charge in [0.05, 0.1) is 6.10 Å². The largest absolute Gasteiger partial charge is 0.393 e. The molecule has 1 unspecified atom stereocenters. The fraction of sp³-hybridized carbons (Fsp3) is 0.900. The molecular weight excluding hydrogens is 180 g/mol. The molecule has 0 aliphatic heterocycles. The fourth-order valence-electron chi connectivity index (χ4n) is 1.50. The number of amides is 1. The van der Waals surface area contributed by atoms with Gasteiger partial charge >= 0.3 is 0 Å². The van der Waals surface area contributed by atoms with Crippen LogP contribution in [0.25, 0.3) is 0 Å². The SMILES string of the molecule is CC(CN)CCC(=O)NC1CC(O)C1. The number of rotatable bonds is 5. The summed E-state index contributed by atoms with van der Waals surface area (Å²) in [6.07, 6.45) is 2.60. The van der Waals surface area contributed by atoms with Crippen LogP contribution in [0.5, 0.6) is 0 Å². The Labute approximate surface area is 84.9 Å². The molecule has 0 aromatic heterocycles.